The first kappa shape index (κ1) is 25.6. The van der Waals surface area contributed by atoms with Gasteiger partial charge in [0, 0.05) is 23.7 Å². The van der Waals surface area contributed by atoms with E-state index in [1.807, 2.05) is 19.9 Å². The number of para-hydroxylation sites is 3. The van der Waals surface area contributed by atoms with Gasteiger partial charge in [0.1, 0.15) is 11.6 Å². The molecule has 0 saturated heterocycles. The molecule has 0 saturated carbocycles. The van der Waals surface area contributed by atoms with Crippen molar-refractivity contribution < 1.29 is 14.5 Å². The molecule has 3 aromatic carbocycles. The van der Waals surface area contributed by atoms with Crippen molar-refractivity contribution in [2.75, 3.05) is 13.7 Å². The largest absolute Gasteiger partial charge is 0.495 e. The van der Waals surface area contributed by atoms with Gasteiger partial charge in [0.25, 0.3) is 17.2 Å². The van der Waals surface area contributed by atoms with E-state index in [0.29, 0.717) is 46.7 Å². The number of rotatable bonds is 8. The summed E-state index contributed by atoms with van der Waals surface area (Å²) >= 11 is 0. The molecule has 1 atom stereocenters. The molecule has 1 aromatic heterocycles. The number of carbonyl (C=O) groups is 1. The van der Waals surface area contributed by atoms with E-state index < -0.39 is 11.0 Å². The van der Waals surface area contributed by atoms with E-state index in [2.05, 4.69) is 0 Å². The highest BCUT2D eigenvalue weighted by molar-refractivity contribution is 5.95. The molecular weight excluding hydrogens is 472 g/mol. The van der Waals surface area contributed by atoms with Crippen molar-refractivity contribution in [1.82, 2.24) is 14.5 Å². The molecule has 1 unspecified atom stereocenters. The molecule has 4 aromatic rings. The van der Waals surface area contributed by atoms with Gasteiger partial charge in [-0.05, 0) is 50.6 Å². The lowest BCUT2D eigenvalue weighted by Gasteiger charge is -2.31. The Morgan fingerprint density at radius 3 is 2.49 bits per heavy atom. The Kier molecular flexibility index (Phi) is 7.33. The number of aromatic nitrogens is 2. The Morgan fingerprint density at radius 2 is 1.81 bits per heavy atom. The van der Waals surface area contributed by atoms with Gasteiger partial charge in [0.15, 0.2) is 0 Å². The van der Waals surface area contributed by atoms with E-state index in [9.17, 15) is 19.7 Å². The number of methoxy groups -OCH3 is 1. The number of nitro benzene ring substituents is 1. The lowest BCUT2D eigenvalue weighted by Crippen LogP contribution is -2.38. The summed E-state index contributed by atoms with van der Waals surface area (Å²) in [4.78, 5) is 45.0. The fourth-order valence-electron chi connectivity index (χ4n) is 4.57. The molecule has 0 radical (unpaired) electrons. The number of benzene rings is 3. The van der Waals surface area contributed by atoms with E-state index >= 15 is 0 Å². The van der Waals surface area contributed by atoms with Gasteiger partial charge < -0.3 is 9.64 Å². The third-order valence-corrected chi connectivity index (χ3v) is 6.44. The minimum atomic E-state index is -0.597. The van der Waals surface area contributed by atoms with Crippen LogP contribution in [0.4, 0.5) is 5.69 Å². The van der Waals surface area contributed by atoms with Crippen molar-refractivity contribution >= 4 is 22.5 Å². The molecule has 0 spiro atoms. The summed E-state index contributed by atoms with van der Waals surface area (Å²) in [6.07, 6.45) is 0.452. The van der Waals surface area contributed by atoms with Crippen molar-refractivity contribution in [2.45, 2.75) is 33.2 Å². The topological polar surface area (TPSA) is 108 Å². The summed E-state index contributed by atoms with van der Waals surface area (Å²) in [5.41, 5.74) is 1.29. The standard InChI is InChI=1S/C28H28N4O5/c1-5-22(30(6-2)27(33)19-16-15-18(3)24(17-19)32(35)36)26-29-21-12-8-7-11-20(21)28(34)31(26)23-13-9-10-14-25(23)37-4/h7-17,22H,5-6H2,1-4H3. The zero-order chi connectivity index (χ0) is 26.7. The van der Waals surface area contributed by atoms with E-state index in [4.69, 9.17) is 9.72 Å². The molecule has 0 fully saturated rings. The average molecular weight is 501 g/mol. The Labute approximate surface area is 214 Å². The summed E-state index contributed by atoms with van der Waals surface area (Å²) in [6, 6.07) is 18.1. The molecule has 4 rings (SSSR count). The molecule has 37 heavy (non-hydrogen) atoms. The van der Waals surface area contributed by atoms with Gasteiger partial charge in [-0.1, -0.05) is 37.3 Å². The number of fused-ring (bicyclic) bond motifs is 1. The summed E-state index contributed by atoms with van der Waals surface area (Å²) in [7, 11) is 1.53. The van der Waals surface area contributed by atoms with Gasteiger partial charge in [0.2, 0.25) is 0 Å². The maximum atomic E-state index is 13.8. The molecular formula is C28H28N4O5. The first-order valence-electron chi connectivity index (χ1n) is 12.0. The number of hydrogen-bond donors (Lipinski definition) is 0. The van der Waals surface area contributed by atoms with Crippen molar-refractivity contribution in [1.29, 1.82) is 0 Å². The molecule has 0 bridgehead atoms. The van der Waals surface area contributed by atoms with Gasteiger partial charge in [-0.2, -0.15) is 0 Å². The summed E-state index contributed by atoms with van der Waals surface area (Å²) in [5.74, 6) is 0.486. The first-order chi connectivity index (χ1) is 17.8. The number of hydrogen-bond acceptors (Lipinski definition) is 6. The Bertz CT molecular complexity index is 1550. The van der Waals surface area contributed by atoms with Crippen molar-refractivity contribution in [3.63, 3.8) is 0 Å². The predicted molar refractivity (Wildman–Crippen MR) is 141 cm³/mol. The zero-order valence-electron chi connectivity index (χ0n) is 21.2. The van der Waals surface area contributed by atoms with Crippen LogP contribution in [0, 0.1) is 17.0 Å². The maximum absolute atomic E-state index is 13.8. The van der Waals surface area contributed by atoms with Crippen molar-refractivity contribution in [3.05, 3.63) is 104 Å². The van der Waals surface area contributed by atoms with E-state index in [1.165, 1.54) is 17.7 Å². The lowest BCUT2D eigenvalue weighted by atomic mass is 10.1. The molecule has 0 aliphatic heterocycles. The normalized spacial score (nSPS) is 11.8. The van der Waals surface area contributed by atoms with Crippen molar-refractivity contribution in [2.24, 2.45) is 0 Å². The zero-order valence-corrected chi connectivity index (χ0v) is 21.2. The van der Waals surface area contributed by atoms with E-state index in [0.717, 1.165) is 0 Å². The van der Waals surface area contributed by atoms with Gasteiger partial charge in [-0.15, -0.1) is 0 Å². The van der Waals surface area contributed by atoms with Crippen LogP contribution in [0.3, 0.4) is 0 Å². The second kappa shape index (κ2) is 10.6. The lowest BCUT2D eigenvalue weighted by molar-refractivity contribution is -0.385. The summed E-state index contributed by atoms with van der Waals surface area (Å²) in [6.45, 7) is 5.67. The van der Waals surface area contributed by atoms with Crippen LogP contribution in [0.25, 0.3) is 16.6 Å². The second-order valence-electron chi connectivity index (χ2n) is 8.57. The third-order valence-electron chi connectivity index (χ3n) is 6.44. The first-order valence-corrected chi connectivity index (χ1v) is 12.0. The van der Waals surface area contributed by atoms with Crippen LogP contribution in [0.5, 0.6) is 5.75 Å². The van der Waals surface area contributed by atoms with Crippen LogP contribution >= 0.6 is 0 Å². The van der Waals surface area contributed by atoms with Crippen LogP contribution < -0.4 is 10.3 Å². The highest BCUT2D eigenvalue weighted by atomic mass is 16.6. The molecule has 1 amide bonds. The van der Waals surface area contributed by atoms with Gasteiger partial charge in [0.05, 0.1) is 34.7 Å². The Morgan fingerprint density at radius 1 is 1.11 bits per heavy atom. The molecule has 9 heteroatoms. The molecule has 190 valence electrons. The smallest absolute Gasteiger partial charge is 0.273 e. The van der Waals surface area contributed by atoms with Gasteiger partial charge in [-0.3, -0.25) is 24.3 Å². The fraction of sp³-hybridized carbons (Fsp3) is 0.250. The number of nitro groups is 1. The van der Waals surface area contributed by atoms with Gasteiger partial charge >= 0.3 is 0 Å². The Balaban J connectivity index is 1.94. The quantitative estimate of drug-likeness (QED) is 0.242. The van der Waals surface area contributed by atoms with Crippen LogP contribution in [-0.4, -0.2) is 38.9 Å². The predicted octanol–water partition coefficient (Wildman–Crippen LogP) is 5.22. The van der Waals surface area contributed by atoms with Crippen molar-refractivity contribution in [3.8, 4) is 11.4 Å². The van der Waals surface area contributed by atoms with E-state index in [1.54, 1.807) is 66.4 Å². The second-order valence-corrected chi connectivity index (χ2v) is 8.57. The number of amides is 1. The average Bonchev–Trinajstić information content (AvgIpc) is 2.91. The fourth-order valence-corrected chi connectivity index (χ4v) is 4.57. The SMILES string of the molecule is CCC(c1nc2ccccc2c(=O)n1-c1ccccc1OC)N(CC)C(=O)c1ccc(C)c([N+](=O)[O-])c1. The Hall–Kier alpha value is -4.53. The number of nitrogens with zero attached hydrogens (tertiary/aromatic N) is 4. The monoisotopic (exact) mass is 500 g/mol. The summed E-state index contributed by atoms with van der Waals surface area (Å²) in [5, 5.41) is 11.9. The molecule has 0 aliphatic carbocycles. The maximum Gasteiger partial charge on any atom is 0.273 e. The summed E-state index contributed by atoms with van der Waals surface area (Å²) < 4.78 is 7.06. The highest BCUT2D eigenvalue weighted by Crippen LogP contribution is 2.31. The van der Waals surface area contributed by atoms with Crippen LogP contribution in [-0.2, 0) is 0 Å². The van der Waals surface area contributed by atoms with Crippen LogP contribution in [0.2, 0.25) is 0 Å². The third kappa shape index (κ3) is 4.67. The molecule has 0 N–H and O–H groups in total. The van der Waals surface area contributed by atoms with Crippen LogP contribution in [0.1, 0.15) is 48.1 Å². The number of aryl methyl sites for hydroxylation is 1. The molecule has 9 nitrogen and oxygen atoms in total. The molecule has 1 heterocycles. The highest BCUT2D eigenvalue weighted by Gasteiger charge is 2.30. The number of ether oxygens (including phenoxy) is 1. The number of carbonyl (C=O) groups excluding carboxylic acids is 1. The van der Waals surface area contributed by atoms with Crippen LogP contribution in [0.15, 0.2) is 71.5 Å². The minimum absolute atomic E-state index is 0.121. The minimum Gasteiger partial charge on any atom is -0.495 e. The van der Waals surface area contributed by atoms with E-state index in [-0.39, 0.29) is 22.7 Å². The van der Waals surface area contributed by atoms with Gasteiger partial charge in [-0.25, -0.2) is 4.98 Å². The molecule has 0 aliphatic rings.